The molecule has 14 heavy (non-hydrogen) atoms. The molecule has 0 heterocycles. The Morgan fingerprint density at radius 3 is 2.86 bits per heavy atom. The molecule has 0 saturated carbocycles. The highest BCUT2D eigenvalue weighted by atomic mass is 127. The van der Waals surface area contributed by atoms with Crippen LogP contribution in [0.25, 0.3) is 0 Å². The van der Waals surface area contributed by atoms with Gasteiger partial charge in [0.2, 0.25) is 0 Å². The summed E-state index contributed by atoms with van der Waals surface area (Å²) >= 11 is 5.71. The van der Waals surface area contributed by atoms with Crippen LogP contribution in [0, 0.1) is 3.57 Å². The van der Waals surface area contributed by atoms with Gasteiger partial charge in [-0.2, -0.15) is 0 Å². The van der Waals surface area contributed by atoms with Crippen molar-refractivity contribution < 1.29 is 5.11 Å². The van der Waals surface area contributed by atoms with Gasteiger partial charge in [0, 0.05) is 20.3 Å². The van der Waals surface area contributed by atoms with E-state index in [1.807, 2.05) is 25.1 Å². The minimum absolute atomic E-state index is 0.267. The number of hydrogen-bond donors (Lipinski definition) is 2. The van der Waals surface area contributed by atoms with E-state index in [2.05, 4.69) is 43.8 Å². The maximum absolute atomic E-state index is 9.37. The van der Waals surface area contributed by atoms with E-state index in [0.29, 0.717) is 6.54 Å². The Morgan fingerprint density at radius 1 is 1.57 bits per heavy atom. The van der Waals surface area contributed by atoms with Crippen LogP contribution in [0.3, 0.4) is 0 Å². The van der Waals surface area contributed by atoms with Crippen LogP contribution in [0.15, 0.2) is 22.7 Å². The van der Waals surface area contributed by atoms with Gasteiger partial charge in [0.1, 0.15) is 0 Å². The lowest BCUT2D eigenvalue weighted by molar-refractivity contribution is 0.183. The second kappa shape index (κ2) is 5.92. The van der Waals surface area contributed by atoms with Crippen molar-refractivity contribution in [1.82, 2.24) is 0 Å². The van der Waals surface area contributed by atoms with Crippen LogP contribution in [-0.4, -0.2) is 17.8 Å². The molecule has 0 fully saturated rings. The van der Waals surface area contributed by atoms with Gasteiger partial charge in [-0.05, 0) is 63.1 Å². The zero-order valence-electron chi connectivity index (χ0n) is 7.93. The highest BCUT2D eigenvalue weighted by Crippen LogP contribution is 2.22. The minimum atomic E-state index is -0.267. The molecule has 0 aliphatic carbocycles. The van der Waals surface area contributed by atoms with Gasteiger partial charge in [-0.3, -0.25) is 0 Å². The quantitative estimate of drug-likeness (QED) is 0.798. The maximum Gasteiger partial charge on any atom is 0.0709 e. The lowest BCUT2D eigenvalue weighted by Crippen LogP contribution is -2.18. The first kappa shape index (κ1) is 12.3. The van der Waals surface area contributed by atoms with Crippen molar-refractivity contribution >= 4 is 44.2 Å². The van der Waals surface area contributed by atoms with E-state index < -0.39 is 0 Å². The molecule has 78 valence electrons. The molecular weight excluding hydrogens is 357 g/mol. The molecule has 1 atom stereocenters. The molecule has 2 N–H and O–H groups in total. The summed E-state index contributed by atoms with van der Waals surface area (Å²) in [6.07, 6.45) is 0.511. The van der Waals surface area contributed by atoms with Crippen molar-refractivity contribution in [3.63, 3.8) is 0 Å². The minimum Gasteiger partial charge on any atom is -0.391 e. The normalized spacial score (nSPS) is 12.6. The van der Waals surface area contributed by atoms with E-state index in [-0.39, 0.29) is 6.10 Å². The summed E-state index contributed by atoms with van der Waals surface area (Å²) in [5.74, 6) is 0. The number of anilines is 1. The van der Waals surface area contributed by atoms with E-state index in [9.17, 15) is 5.11 Å². The first-order valence-electron chi connectivity index (χ1n) is 4.50. The van der Waals surface area contributed by atoms with E-state index in [0.717, 1.165) is 16.6 Å². The predicted molar refractivity (Wildman–Crippen MR) is 71.6 cm³/mol. The molecule has 0 saturated heterocycles. The second-order valence-electron chi connectivity index (χ2n) is 3.07. The van der Waals surface area contributed by atoms with Gasteiger partial charge >= 0.3 is 0 Å². The summed E-state index contributed by atoms with van der Waals surface area (Å²) in [4.78, 5) is 0. The van der Waals surface area contributed by atoms with Gasteiger partial charge in [0.05, 0.1) is 6.10 Å². The van der Waals surface area contributed by atoms with Crippen molar-refractivity contribution in [2.45, 2.75) is 19.4 Å². The van der Waals surface area contributed by atoms with Crippen molar-refractivity contribution in [2.24, 2.45) is 0 Å². The van der Waals surface area contributed by atoms with Crippen molar-refractivity contribution in [3.05, 3.63) is 26.2 Å². The summed E-state index contributed by atoms with van der Waals surface area (Å²) in [5, 5.41) is 12.6. The Labute approximate surface area is 106 Å². The molecule has 1 aromatic carbocycles. The average Bonchev–Trinajstić information content (AvgIpc) is 2.19. The summed E-state index contributed by atoms with van der Waals surface area (Å²) in [7, 11) is 0. The fraction of sp³-hybridized carbons (Fsp3) is 0.400. The van der Waals surface area contributed by atoms with Gasteiger partial charge in [-0.1, -0.05) is 6.92 Å². The van der Waals surface area contributed by atoms with Crippen molar-refractivity contribution in [2.75, 3.05) is 11.9 Å². The molecule has 0 spiro atoms. The van der Waals surface area contributed by atoms with E-state index in [1.54, 1.807) is 0 Å². The molecule has 0 amide bonds. The molecule has 1 aromatic rings. The largest absolute Gasteiger partial charge is 0.391 e. The molecule has 2 nitrogen and oxygen atoms in total. The second-order valence-corrected chi connectivity index (χ2v) is 5.09. The molecule has 1 unspecified atom stereocenters. The molecule has 0 radical (unpaired) electrons. The Morgan fingerprint density at radius 2 is 2.29 bits per heavy atom. The van der Waals surface area contributed by atoms with Gasteiger partial charge in [0.25, 0.3) is 0 Å². The zero-order valence-corrected chi connectivity index (χ0v) is 11.7. The molecule has 0 aliphatic rings. The summed E-state index contributed by atoms with van der Waals surface area (Å²) in [6, 6.07) is 6.05. The summed E-state index contributed by atoms with van der Waals surface area (Å²) in [6.45, 7) is 2.58. The Kier molecular flexibility index (Phi) is 5.19. The number of rotatable bonds is 4. The first-order valence-corrected chi connectivity index (χ1v) is 6.37. The van der Waals surface area contributed by atoms with Crippen LogP contribution < -0.4 is 5.32 Å². The van der Waals surface area contributed by atoms with Crippen molar-refractivity contribution in [3.8, 4) is 0 Å². The van der Waals surface area contributed by atoms with Crippen LogP contribution >= 0.6 is 38.5 Å². The first-order chi connectivity index (χ1) is 6.63. The number of halogens is 2. The number of aliphatic hydroxyl groups excluding tert-OH is 1. The van der Waals surface area contributed by atoms with E-state index in [4.69, 9.17) is 0 Å². The topological polar surface area (TPSA) is 32.3 Å². The van der Waals surface area contributed by atoms with E-state index >= 15 is 0 Å². The zero-order chi connectivity index (χ0) is 10.6. The number of hydrogen-bond acceptors (Lipinski definition) is 2. The van der Waals surface area contributed by atoms with Crippen LogP contribution in [0.1, 0.15) is 13.3 Å². The summed E-state index contributed by atoms with van der Waals surface area (Å²) < 4.78 is 2.26. The molecule has 1 rings (SSSR count). The van der Waals surface area contributed by atoms with Gasteiger partial charge < -0.3 is 10.4 Å². The fourth-order valence-electron chi connectivity index (χ4n) is 0.986. The lowest BCUT2D eigenvalue weighted by Gasteiger charge is -2.11. The molecule has 4 heteroatoms. The average molecular weight is 370 g/mol. The fourth-order valence-corrected chi connectivity index (χ4v) is 1.75. The Balaban J connectivity index is 2.55. The highest BCUT2D eigenvalue weighted by Gasteiger charge is 2.01. The molecule has 0 aromatic heterocycles. The van der Waals surface area contributed by atoms with Gasteiger partial charge in [0.15, 0.2) is 0 Å². The van der Waals surface area contributed by atoms with Crippen molar-refractivity contribution in [1.29, 1.82) is 0 Å². The molecule has 0 bridgehead atoms. The smallest absolute Gasteiger partial charge is 0.0709 e. The third kappa shape index (κ3) is 3.74. The van der Waals surface area contributed by atoms with Gasteiger partial charge in [-0.15, -0.1) is 0 Å². The number of nitrogens with one attached hydrogen (secondary N) is 1. The SMILES string of the molecule is CCC(O)CNc1ccc(Br)c(I)c1. The monoisotopic (exact) mass is 369 g/mol. The molecular formula is C10H13BrINO. The maximum atomic E-state index is 9.37. The van der Waals surface area contributed by atoms with Crippen LogP contribution in [-0.2, 0) is 0 Å². The highest BCUT2D eigenvalue weighted by molar-refractivity contribution is 14.1. The standard InChI is InChI=1S/C10H13BrINO/c1-2-8(14)6-13-7-3-4-9(11)10(12)5-7/h3-5,8,13-14H,2,6H2,1H3. The third-order valence-corrected chi connectivity index (χ3v) is 4.26. The predicted octanol–water partition coefficient (Wildman–Crippen LogP) is 3.24. The summed E-state index contributed by atoms with van der Waals surface area (Å²) in [5.41, 5.74) is 1.05. The van der Waals surface area contributed by atoms with Crippen LogP contribution in [0.2, 0.25) is 0 Å². The number of benzene rings is 1. The Bertz CT molecular complexity index is 306. The lowest BCUT2D eigenvalue weighted by atomic mass is 10.2. The van der Waals surface area contributed by atoms with Crippen LogP contribution in [0.5, 0.6) is 0 Å². The Hall–Kier alpha value is 0.190. The van der Waals surface area contributed by atoms with E-state index in [1.165, 1.54) is 3.57 Å². The molecule has 0 aliphatic heterocycles. The third-order valence-electron chi connectivity index (χ3n) is 1.93. The van der Waals surface area contributed by atoms with Gasteiger partial charge in [-0.25, -0.2) is 0 Å². The number of aliphatic hydroxyl groups is 1. The van der Waals surface area contributed by atoms with Crippen LogP contribution in [0.4, 0.5) is 5.69 Å².